The molecular weight excluding hydrogens is 370 g/mol. The smallest absolute Gasteiger partial charge is 0.264 e. The van der Waals surface area contributed by atoms with Crippen LogP contribution in [-0.2, 0) is 11.2 Å². The van der Waals surface area contributed by atoms with Crippen LogP contribution in [0.2, 0.25) is 5.02 Å². The summed E-state index contributed by atoms with van der Waals surface area (Å²) in [5.41, 5.74) is 2.94. The van der Waals surface area contributed by atoms with Crippen LogP contribution in [-0.4, -0.2) is 22.7 Å². The molecule has 1 aromatic heterocycles. The molecule has 0 fully saturated rings. The molecule has 1 amide bonds. The van der Waals surface area contributed by atoms with Crippen molar-refractivity contribution in [3.63, 3.8) is 0 Å². The fraction of sp³-hybridized carbons (Fsp3) is 0.211. The Morgan fingerprint density at radius 1 is 1.15 bits per heavy atom. The van der Waals surface area contributed by atoms with E-state index in [0.717, 1.165) is 21.7 Å². The summed E-state index contributed by atoms with van der Waals surface area (Å²) in [5.74, 6) is 0.396. The molecule has 0 radical (unpaired) electrons. The predicted octanol–water partition coefficient (Wildman–Crippen LogP) is 4.42. The third-order valence-corrected chi connectivity index (χ3v) is 4.74. The molecule has 0 unspecified atom stereocenters. The summed E-state index contributed by atoms with van der Waals surface area (Å²) in [4.78, 5) is 12.1. The van der Waals surface area contributed by atoms with Gasteiger partial charge in [-0.15, -0.1) is 10.2 Å². The van der Waals surface area contributed by atoms with Gasteiger partial charge in [0.25, 0.3) is 5.91 Å². The molecule has 0 saturated carbocycles. The second-order valence-corrected chi connectivity index (χ2v) is 7.37. The van der Waals surface area contributed by atoms with Crippen LogP contribution in [0.4, 0.5) is 5.13 Å². The van der Waals surface area contributed by atoms with Gasteiger partial charge in [-0.3, -0.25) is 10.1 Å². The molecule has 0 atom stereocenters. The highest BCUT2D eigenvalue weighted by molar-refractivity contribution is 7.15. The Morgan fingerprint density at radius 2 is 1.85 bits per heavy atom. The van der Waals surface area contributed by atoms with E-state index in [0.29, 0.717) is 22.3 Å². The predicted molar refractivity (Wildman–Crippen MR) is 104 cm³/mol. The number of benzene rings is 2. The lowest BCUT2D eigenvalue weighted by molar-refractivity contribution is -0.118. The lowest BCUT2D eigenvalue weighted by atomic mass is 10.1. The molecule has 3 aromatic rings. The molecule has 5 nitrogen and oxygen atoms in total. The van der Waals surface area contributed by atoms with Crippen LogP contribution < -0.4 is 10.1 Å². The molecule has 1 N–H and O–H groups in total. The first-order valence-corrected chi connectivity index (χ1v) is 9.26. The maximum Gasteiger partial charge on any atom is 0.264 e. The highest BCUT2D eigenvalue weighted by Crippen LogP contribution is 2.27. The molecule has 0 saturated heterocycles. The van der Waals surface area contributed by atoms with Crippen LogP contribution >= 0.6 is 22.9 Å². The molecule has 0 bridgehead atoms. The van der Waals surface area contributed by atoms with Gasteiger partial charge in [0, 0.05) is 11.4 Å². The maximum atomic E-state index is 12.1. The number of ether oxygens (including phenoxy) is 1. The van der Waals surface area contributed by atoms with Gasteiger partial charge in [-0.1, -0.05) is 53.3 Å². The number of carbonyl (C=O) groups excluding carboxylic acids is 1. The number of rotatable bonds is 6. The van der Waals surface area contributed by atoms with E-state index in [1.165, 1.54) is 11.3 Å². The van der Waals surface area contributed by atoms with Crippen LogP contribution in [0.3, 0.4) is 0 Å². The zero-order valence-electron chi connectivity index (χ0n) is 14.5. The summed E-state index contributed by atoms with van der Waals surface area (Å²) in [6, 6.07) is 13.6. The monoisotopic (exact) mass is 387 g/mol. The SMILES string of the molecule is Cc1cc(Cl)cc(C)c1OCC(=O)Nc1nnc(Cc2ccccc2)s1. The third-order valence-electron chi connectivity index (χ3n) is 3.68. The fourth-order valence-electron chi connectivity index (χ4n) is 2.56. The van der Waals surface area contributed by atoms with Gasteiger partial charge in [0.2, 0.25) is 5.13 Å². The summed E-state index contributed by atoms with van der Waals surface area (Å²) in [5, 5.41) is 12.8. The van der Waals surface area contributed by atoms with Gasteiger partial charge in [0.15, 0.2) is 6.61 Å². The molecule has 3 rings (SSSR count). The number of aromatic nitrogens is 2. The van der Waals surface area contributed by atoms with Crippen LogP contribution in [0.25, 0.3) is 0 Å². The summed E-state index contributed by atoms with van der Waals surface area (Å²) < 4.78 is 5.64. The molecule has 0 spiro atoms. The zero-order valence-corrected chi connectivity index (χ0v) is 16.0. The van der Waals surface area contributed by atoms with E-state index in [1.807, 2.05) is 56.3 Å². The highest BCUT2D eigenvalue weighted by Gasteiger charge is 2.12. The molecule has 7 heteroatoms. The second-order valence-electron chi connectivity index (χ2n) is 5.87. The first-order chi connectivity index (χ1) is 12.5. The Morgan fingerprint density at radius 3 is 2.54 bits per heavy atom. The minimum absolute atomic E-state index is 0.100. The Labute approximate surface area is 161 Å². The first-order valence-electron chi connectivity index (χ1n) is 8.07. The average Bonchev–Trinajstić information content (AvgIpc) is 3.01. The fourth-order valence-corrected chi connectivity index (χ4v) is 3.68. The van der Waals surface area contributed by atoms with E-state index < -0.39 is 0 Å². The normalized spacial score (nSPS) is 10.6. The van der Waals surface area contributed by atoms with Gasteiger partial charge in [-0.05, 0) is 42.7 Å². The number of amides is 1. The van der Waals surface area contributed by atoms with Gasteiger partial charge >= 0.3 is 0 Å². The van der Waals surface area contributed by atoms with Crippen molar-refractivity contribution >= 4 is 34.0 Å². The van der Waals surface area contributed by atoms with Crippen molar-refractivity contribution in [2.75, 3.05) is 11.9 Å². The van der Waals surface area contributed by atoms with Crippen LogP contribution in [0, 0.1) is 13.8 Å². The molecule has 134 valence electrons. The van der Waals surface area contributed by atoms with Crippen LogP contribution in [0.1, 0.15) is 21.7 Å². The minimum atomic E-state index is -0.277. The van der Waals surface area contributed by atoms with Gasteiger partial charge in [-0.2, -0.15) is 0 Å². The van der Waals surface area contributed by atoms with Crippen LogP contribution in [0.15, 0.2) is 42.5 Å². The number of nitrogens with zero attached hydrogens (tertiary/aromatic N) is 2. The second kappa shape index (κ2) is 8.29. The van der Waals surface area contributed by atoms with E-state index in [1.54, 1.807) is 0 Å². The first kappa shape index (κ1) is 18.4. The lowest BCUT2D eigenvalue weighted by Crippen LogP contribution is -2.20. The largest absolute Gasteiger partial charge is 0.483 e. The Kier molecular flexibility index (Phi) is 5.85. The number of anilines is 1. The van der Waals surface area contributed by atoms with E-state index in [9.17, 15) is 4.79 Å². The molecular formula is C19H18ClN3O2S. The lowest BCUT2D eigenvalue weighted by Gasteiger charge is -2.12. The number of aryl methyl sites for hydroxylation is 2. The topological polar surface area (TPSA) is 64.1 Å². The van der Waals surface area contributed by atoms with Crippen molar-refractivity contribution in [2.45, 2.75) is 20.3 Å². The van der Waals surface area contributed by atoms with Gasteiger partial charge < -0.3 is 4.74 Å². The van der Waals surface area contributed by atoms with Crippen molar-refractivity contribution in [1.29, 1.82) is 0 Å². The van der Waals surface area contributed by atoms with Crippen molar-refractivity contribution in [2.24, 2.45) is 0 Å². The zero-order chi connectivity index (χ0) is 18.5. The van der Waals surface area contributed by atoms with Crippen molar-refractivity contribution in [3.8, 4) is 5.75 Å². The van der Waals surface area contributed by atoms with E-state index in [2.05, 4.69) is 15.5 Å². The van der Waals surface area contributed by atoms with E-state index in [4.69, 9.17) is 16.3 Å². The number of hydrogen-bond donors (Lipinski definition) is 1. The average molecular weight is 388 g/mol. The highest BCUT2D eigenvalue weighted by atomic mass is 35.5. The molecule has 0 aliphatic rings. The van der Waals surface area contributed by atoms with Gasteiger partial charge in [0.05, 0.1) is 0 Å². The molecule has 2 aromatic carbocycles. The van der Waals surface area contributed by atoms with Gasteiger partial charge in [-0.25, -0.2) is 0 Å². The molecule has 0 aliphatic heterocycles. The number of carbonyl (C=O) groups is 1. The summed E-state index contributed by atoms with van der Waals surface area (Å²) >= 11 is 7.36. The quantitative estimate of drug-likeness (QED) is 0.680. The molecule has 0 aliphatic carbocycles. The van der Waals surface area contributed by atoms with Gasteiger partial charge in [0.1, 0.15) is 10.8 Å². The number of hydrogen-bond acceptors (Lipinski definition) is 5. The van der Waals surface area contributed by atoms with E-state index >= 15 is 0 Å². The summed E-state index contributed by atoms with van der Waals surface area (Å²) in [6.45, 7) is 3.69. The Bertz CT molecular complexity index is 889. The standard InChI is InChI=1S/C19H18ClN3O2S/c1-12-8-15(20)9-13(2)18(12)25-11-16(24)21-19-23-22-17(26-19)10-14-6-4-3-5-7-14/h3-9H,10-11H2,1-2H3,(H,21,23,24). The number of halogens is 1. The minimum Gasteiger partial charge on any atom is -0.483 e. The summed E-state index contributed by atoms with van der Waals surface area (Å²) in [6.07, 6.45) is 0.689. The van der Waals surface area contributed by atoms with Crippen molar-refractivity contribution < 1.29 is 9.53 Å². The molecule has 1 heterocycles. The van der Waals surface area contributed by atoms with E-state index in [-0.39, 0.29) is 12.5 Å². The van der Waals surface area contributed by atoms with Crippen molar-refractivity contribution in [1.82, 2.24) is 10.2 Å². The summed E-state index contributed by atoms with van der Waals surface area (Å²) in [7, 11) is 0. The van der Waals surface area contributed by atoms with Crippen LogP contribution in [0.5, 0.6) is 5.75 Å². The van der Waals surface area contributed by atoms with Crippen molar-refractivity contribution in [3.05, 3.63) is 69.2 Å². The Balaban J connectivity index is 1.56. The maximum absolute atomic E-state index is 12.1. The number of nitrogens with one attached hydrogen (secondary N) is 1. The Hall–Kier alpha value is -2.44. The molecule has 26 heavy (non-hydrogen) atoms. The third kappa shape index (κ3) is 4.80.